The fourth-order valence-corrected chi connectivity index (χ4v) is 1.20. The van der Waals surface area contributed by atoms with Crippen LogP contribution in [-0.2, 0) is 11.2 Å². The maximum Gasteiger partial charge on any atom is 0.344 e. The zero-order valence-electron chi connectivity index (χ0n) is 8.73. The number of aromatic hydroxyl groups is 1. The highest BCUT2D eigenvalue weighted by molar-refractivity contribution is 5.72. The average Bonchev–Trinajstić information content (AvgIpc) is 2.20. The van der Waals surface area contributed by atoms with Crippen LogP contribution in [0.2, 0.25) is 0 Å². The SMILES string of the molecule is CCc1cc(O)ccc1OC(C)C(=O)O. The van der Waals surface area contributed by atoms with E-state index in [0.29, 0.717) is 12.2 Å². The maximum absolute atomic E-state index is 10.6. The zero-order chi connectivity index (χ0) is 11.4. The number of phenolic OH excluding ortho intramolecular Hbond substituents is 1. The van der Waals surface area contributed by atoms with Gasteiger partial charge in [0, 0.05) is 0 Å². The van der Waals surface area contributed by atoms with Gasteiger partial charge in [0.05, 0.1) is 0 Å². The average molecular weight is 210 g/mol. The summed E-state index contributed by atoms with van der Waals surface area (Å²) >= 11 is 0. The molecule has 1 rings (SSSR count). The molecule has 1 atom stereocenters. The van der Waals surface area contributed by atoms with Gasteiger partial charge in [0.25, 0.3) is 0 Å². The number of ether oxygens (including phenoxy) is 1. The Hall–Kier alpha value is -1.71. The summed E-state index contributed by atoms with van der Waals surface area (Å²) < 4.78 is 5.24. The molecule has 0 saturated carbocycles. The van der Waals surface area contributed by atoms with Crippen molar-refractivity contribution in [3.05, 3.63) is 23.8 Å². The molecule has 0 saturated heterocycles. The summed E-state index contributed by atoms with van der Waals surface area (Å²) in [4.78, 5) is 10.6. The van der Waals surface area contributed by atoms with Crippen LogP contribution >= 0.6 is 0 Å². The third-order valence-electron chi connectivity index (χ3n) is 2.08. The third-order valence-corrected chi connectivity index (χ3v) is 2.08. The van der Waals surface area contributed by atoms with Crippen molar-refractivity contribution in [3.63, 3.8) is 0 Å². The van der Waals surface area contributed by atoms with Crippen molar-refractivity contribution in [2.24, 2.45) is 0 Å². The molecule has 0 aliphatic rings. The molecule has 4 nitrogen and oxygen atoms in total. The van der Waals surface area contributed by atoms with E-state index in [9.17, 15) is 9.90 Å². The number of aliphatic carboxylic acids is 1. The van der Waals surface area contributed by atoms with Crippen LogP contribution in [0.4, 0.5) is 0 Å². The van der Waals surface area contributed by atoms with Gasteiger partial charge in [-0.15, -0.1) is 0 Å². The lowest BCUT2D eigenvalue weighted by Gasteiger charge is -2.13. The Labute approximate surface area is 88.1 Å². The number of hydrogen-bond acceptors (Lipinski definition) is 3. The van der Waals surface area contributed by atoms with E-state index >= 15 is 0 Å². The first-order valence-electron chi connectivity index (χ1n) is 4.76. The van der Waals surface area contributed by atoms with Crippen molar-refractivity contribution in [1.82, 2.24) is 0 Å². The van der Waals surface area contributed by atoms with Gasteiger partial charge < -0.3 is 14.9 Å². The highest BCUT2D eigenvalue weighted by atomic mass is 16.5. The van der Waals surface area contributed by atoms with Gasteiger partial charge in [-0.25, -0.2) is 4.79 Å². The molecule has 0 spiro atoms. The molecule has 1 unspecified atom stereocenters. The minimum absolute atomic E-state index is 0.155. The number of carboxylic acid groups (broad SMARTS) is 1. The van der Waals surface area contributed by atoms with Crippen molar-refractivity contribution in [2.75, 3.05) is 0 Å². The van der Waals surface area contributed by atoms with Gasteiger partial charge in [0.1, 0.15) is 11.5 Å². The van der Waals surface area contributed by atoms with Gasteiger partial charge >= 0.3 is 5.97 Å². The van der Waals surface area contributed by atoms with E-state index < -0.39 is 12.1 Å². The Morgan fingerprint density at radius 1 is 1.53 bits per heavy atom. The molecule has 1 aromatic rings. The Morgan fingerprint density at radius 2 is 2.20 bits per heavy atom. The molecule has 1 aromatic carbocycles. The standard InChI is InChI=1S/C11H14O4/c1-3-8-6-9(12)4-5-10(8)15-7(2)11(13)14/h4-7,12H,3H2,1-2H3,(H,13,14). The Morgan fingerprint density at radius 3 is 2.73 bits per heavy atom. The van der Waals surface area contributed by atoms with Crippen LogP contribution in [0.25, 0.3) is 0 Å². The number of phenols is 1. The van der Waals surface area contributed by atoms with Crippen LogP contribution in [0, 0.1) is 0 Å². The van der Waals surface area contributed by atoms with E-state index in [0.717, 1.165) is 5.56 Å². The van der Waals surface area contributed by atoms with Gasteiger partial charge in [-0.1, -0.05) is 6.92 Å². The van der Waals surface area contributed by atoms with Crippen molar-refractivity contribution < 1.29 is 19.7 Å². The van der Waals surface area contributed by atoms with Crippen molar-refractivity contribution in [2.45, 2.75) is 26.4 Å². The normalized spacial score (nSPS) is 12.1. The summed E-state index contributed by atoms with van der Waals surface area (Å²) in [7, 11) is 0. The van der Waals surface area contributed by atoms with Gasteiger partial charge in [-0.05, 0) is 37.1 Å². The van der Waals surface area contributed by atoms with Crippen LogP contribution < -0.4 is 4.74 Å². The lowest BCUT2D eigenvalue weighted by molar-refractivity contribution is -0.144. The van der Waals surface area contributed by atoms with Gasteiger partial charge in [0.15, 0.2) is 6.10 Å². The number of hydrogen-bond donors (Lipinski definition) is 2. The van der Waals surface area contributed by atoms with E-state index in [1.54, 1.807) is 12.1 Å². The van der Waals surface area contributed by atoms with E-state index in [-0.39, 0.29) is 5.75 Å². The van der Waals surface area contributed by atoms with E-state index in [1.807, 2.05) is 6.92 Å². The molecule has 0 aromatic heterocycles. The van der Waals surface area contributed by atoms with Gasteiger partial charge in [-0.2, -0.15) is 0 Å². The number of carbonyl (C=O) groups is 1. The van der Waals surface area contributed by atoms with Crippen molar-refractivity contribution in [3.8, 4) is 11.5 Å². The lowest BCUT2D eigenvalue weighted by atomic mass is 10.1. The summed E-state index contributed by atoms with van der Waals surface area (Å²) in [5, 5.41) is 17.9. The van der Waals surface area contributed by atoms with Crippen LogP contribution in [-0.4, -0.2) is 22.3 Å². The van der Waals surface area contributed by atoms with E-state index in [4.69, 9.17) is 9.84 Å². The topological polar surface area (TPSA) is 66.8 Å². The molecule has 0 radical (unpaired) electrons. The Bertz CT molecular complexity index is 360. The first-order chi connectivity index (χ1) is 7.04. The third kappa shape index (κ3) is 2.87. The fourth-order valence-electron chi connectivity index (χ4n) is 1.20. The van der Waals surface area contributed by atoms with Gasteiger partial charge in [-0.3, -0.25) is 0 Å². The minimum Gasteiger partial charge on any atom is -0.508 e. The second-order valence-electron chi connectivity index (χ2n) is 3.24. The molecular formula is C11H14O4. The molecule has 2 N–H and O–H groups in total. The lowest BCUT2D eigenvalue weighted by Crippen LogP contribution is -2.23. The molecule has 15 heavy (non-hydrogen) atoms. The molecule has 0 amide bonds. The molecule has 82 valence electrons. The van der Waals surface area contributed by atoms with Crippen LogP contribution in [0.3, 0.4) is 0 Å². The number of rotatable bonds is 4. The minimum atomic E-state index is -1.01. The predicted molar refractivity (Wildman–Crippen MR) is 55.2 cm³/mol. The molecule has 0 bridgehead atoms. The molecule has 0 aliphatic heterocycles. The van der Waals surface area contributed by atoms with Crippen molar-refractivity contribution in [1.29, 1.82) is 0 Å². The second-order valence-corrected chi connectivity index (χ2v) is 3.24. The van der Waals surface area contributed by atoms with Crippen molar-refractivity contribution >= 4 is 5.97 Å². The molecule has 0 fully saturated rings. The largest absolute Gasteiger partial charge is 0.508 e. The summed E-state index contributed by atoms with van der Waals surface area (Å²) in [6.45, 7) is 3.38. The molecule has 0 aliphatic carbocycles. The van der Waals surface area contributed by atoms with Crippen LogP contribution in [0.5, 0.6) is 11.5 Å². The van der Waals surface area contributed by atoms with Crippen LogP contribution in [0.15, 0.2) is 18.2 Å². The summed E-state index contributed by atoms with van der Waals surface area (Å²) in [6.07, 6.45) is -0.212. The quantitative estimate of drug-likeness (QED) is 0.795. The summed E-state index contributed by atoms with van der Waals surface area (Å²) in [5.74, 6) is -0.350. The monoisotopic (exact) mass is 210 g/mol. The number of benzene rings is 1. The highest BCUT2D eigenvalue weighted by Crippen LogP contribution is 2.24. The number of aryl methyl sites for hydroxylation is 1. The van der Waals surface area contributed by atoms with E-state index in [1.165, 1.54) is 13.0 Å². The van der Waals surface area contributed by atoms with E-state index in [2.05, 4.69) is 0 Å². The maximum atomic E-state index is 10.6. The fraction of sp³-hybridized carbons (Fsp3) is 0.364. The van der Waals surface area contributed by atoms with Crippen LogP contribution in [0.1, 0.15) is 19.4 Å². The number of carboxylic acids is 1. The summed E-state index contributed by atoms with van der Waals surface area (Å²) in [6, 6.07) is 4.63. The Kier molecular flexibility index (Phi) is 3.55. The second kappa shape index (κ2) is 4.68. The molecule has 4 heteroatoms. The smallest absolute Gasteiger partial charge is 0.344 e. The first-order valence-corrected chi connectivity index (χ1v) is 4.76. The molecule has 0 heterocycles. The van der Waals surface area contributed by atoms with Gasteiger partial charge in [0.2, 0.25) is 0 Å². The molecular weight excluding hydrogens is 196 g/mol. The Balaban J connectivity index is 2.89. The predicted octanol–water partition coefficient (Wildman–Crippen LogP) is 1.81. The first kappa shape index (κ1) is 11.4. The summed E-state index contributed by atoms with van der Waals surface area (Å²) in [5.41, 5.74) is 0.795. The zero-order valence-corrected chi connectivity index (χ0v) is 8.73. The highest BCUT2D eigenvalue weighted by Gasteiger charge is 2.14.